The Bertz CT molecular complexity index is 949. The highest BCUT2D eigenvalue weighted by Gasteiger charge is 2.06. The summed E-state index contributed by atoms with van der Waals surface area (Å²) >= 11 is 0. The van der Waals surface area contributed by atoms with Gasteiger partial charge in [0, 0.05) is 17.3 Å². The molecule has 6 nitrogen and oxygen atoms in total. The van der Waals surface area contributed by atoms with Crippen molar-refractivity contribution in [1.82, 2.24) is 0 Å². The summed E-state index contributed by atoms with van der Waals surface area (Å²) in [5.74, 6) is 3.07. The maximum Gasteiger partial charge on any atom is 0.193 e. The highest BCUT2D eigenvalue weighted by molar-refractivity contribution is 14.0. The smallest absolute Gasteiger partial charge is 0.193 e. The maximum absolute atomic E-state index is 6.04. The van der Waals surface area contributed by atoms with Crippen molar-refractivity contribution in [3.63, 3.8) is 0 Å². The second-order valence-corrected chi connectivity index (χ2v) is 5.92. The Morgan fingerprint density at radius 3 is 2.28 bits per heavy atom. The van der Waals surface area contributed by atoms with E-state index in [0.717, 1.165) is 22.7 Å². The molecular weight excluding hydrogens is 481 g/mol. The van der Waals surface area contributed by atoms with Crippen molar-refractivity contribution in [2.45, 2.75) is 6.54 Å². The Morgan fingerprint density at radius 2 is 1.55 bits per heavy atom. The van der Waals surface area contributed by atoms with Crippen LogP contribution in [0.15, 0.2) is 77.8 Å². The zero-order valence-corrected chi connectivity index (χ0v) is 18.6. The lowest BCUT2D eigenvalue weighted by atomic mass is 10.2. The Kier molecular flexibility index (Phi) is 8.60. The first-order valence-corrected chi connectivity index (χ1v) is 8.79. The van der Waals surface area contributed by atoms with E-state index < -0.39 is 0 Å². The first kappa shape index (κ1) is 22.4. The second kappa shape index (κ2) is 11.2. The van der Waals surface area contributed by atoms with E-state index in [9.17, 15) is 0 Å². The van der Waals surface area contributed by atoms with Crippen molar-refractivity contribution < 1.29 is 14.2 Å². The number of rotatable bonds is 7. The fraction of sp³-hybridized carbons (Fsp3) is 0.136. The Balaban J connectivity index is 0.00000300. The number of halogens is 1. The van der Waals surface area contributed by atoms with Crippen LogP contribution in [0.1, 0.15) is 5.56 Å². The first-order chi connectivity index (χ1) is 13.7. The molecule has 0 saturated carbocycles. The molecule has 0 aromatic heterocycles. The minimum atomic E-state index is 0. The molecule has 3 N–H and O–H groups in total. The van der Waals surface area contributed by atoms with Gasteiger partial charge >= 0.3 is 0 Å². The van der Waals surface area contributed by atoms with Gasteiger partial charge in [0.15, 0.2) is 17.5 Å². The van der Waals surface area contributed by atoms with Crippen LogP contribution in [0.4, 0.5) is 5.69 Å². The zero-order valence-electron chi connectivity index (χ0n) is 16.3. The summed E-state index contributed by atoms with van der Waals surface area (Å²) in [6, 6.07) is 22.8. The molecule has 3 aromatic carbocycles. The van der Waals surface area contributed by atoms with Crippen LogP contribution in [-0.2, 0) is 6.54 Å². The summed E-state index contributed by atoms with van der Waals surface area (Å²) in [7, 11) is 3.18. The van der Waals surface area contributed by atoms with Crippen LogP contribution in [0.2, 0.25) is 0 Å². The van der Waals surface area contributed by atoms with Crippen molar-refractivity contribution in [2.75, 3.05) is 19.5 Å². The molecule has 0 bridgehead atoms. The third-order valence-electron chi connectivity index (χ3n) is 4.02. The third-order valence-corrected chi connectivity index (χ3v) is 4.02. The van der Waals surface area contributed by atoms with Crippen molar-refractivity contribution in [3.05, 3.63) is 78.4 Å². The van der Waals surface area contributed by atoms with Crippen LogP contribution in [0.5, 0.6) is 23.0 Å². The summed E-state index contributed by atoms with van der Waals surface area (Å²) in [6.45, 7) is 0.384. The highest BCUT2D eigenvalue weighted by Crippen LogP contribution is 2.30. The minimum Gasteiger partial charge on any atom is -0.493 e. The molecule has 0 amide bonds. The van der Waals surface area contributed by atoms with Gasteiger partial charge in [-0.2, -0.15) is 0 Å². The van der Waals surface area contributed by atoms with E-state index in [1.54, 1.807) is 26.4 Å². The zero-order chi connectivity index (χ0) is 19.8. The molecule has 0 fully saturated rings. The summed E-state index contributed by atoms with van der Waals surface area (Å²) in [5, 5.41) is 3.06. The fourth-order valence-electron chi connectivity index (χ4n) is 2.62. The molecule has 0 atom stereocenters. The van der Waals surface area contributed by atoms with Crippen LogP contribution in [-0.4, -0.2) is 20.2 Å². The van der Waals surface area contributed by atoms with E-state index in [0.29, 0.717) is 24.0 Å². The first-order valence-electron chi connectivity index (χ1n) is 8.79. The number of hydrogen-bond donors (Lipinski definition) is 2. The number of para-hydroxylation sites is 2. The van der Waals surface area contributed by atoms with Gasteiger partial charge in [0.2, 0.25) is 0 Å². The fourth-order valence-corrected chi connectivity index (χ4v) is 2.62. The quantitative estimate of drug-likeness (QED) is 0.267. The molecule has 0 spiro atoms. The number of nitrogens with zero attached hydrogens (tertiary/aromatic N) is 1. The van der Waals surface area contributed by atoms with Gasteiger partial charge in [-0.25, -0.2) is 4.99 Å². The third kappa shape index (κ3) is 6.28. The van der Waals surface area contributed by atoms with E-state index >= 15 is 0 Å². The number of hydrogen-bond acceptors (Lipinski definition) is 4. The minimum absolute atomic E-state index is 0. The van der Waals surface area contributed by atoms with Gasteiger partial charge in [-0.1, -0.05) is 36.4 Å². The molecule has 3 aromatic rings. The molecule has 0 heterocycles. The van der Waals surface area contributed by atoms with Crippen molar-refractivity contribution in [2.24, 2.45) is 10.7 Å². The largest absolute Gasteiger partial charge is 0.493 e. The average Bonchev–Trinajstić information content (AvgIpc) is 2.73. The van der Waals surface area contributed by atoms with E-state index in [2.05, 4.69) is 10.3 Å². The summed E-state index contributed by atoms with van der Waals surface area (Å²) in [4.78, 5) is 4.42. The van der Waals surface area contributed by atoms with Crippen LogP contribution in [0, 0.1) is 0 Å². The lowest BCUT2D eigenvalue weighted by Gasteiger charge is -2.12. The predicted molar refractivity (Wildman–Crippen MR) is 127 cm³/mol. The van der Waals surface area contributed by atoms with Crippen LogP contribution < -0.4 is 25.3 Å². The molecule has 0 aliphatic carbocycles. The predicted octanol–water partition coefficient (Wildman–Crippen LogP) is 5.04. The average molecular weight is 505 g/mol. The van der Waals surface area contributed by atoms with E-state index in [4.69, 9.17) is 19.9 Å². The van der Waals surface area contributed by atoms with E-state index in [-0.39, 0.29) is 24.0 Å². The van der Waals surface area contributed by atoms with E-state index in [1.165, 1.54) is 0 Å². The highest BCUT2D eigenvalue weighted by atomic mass is 127. The van der Waals surface area contributed by atoms with Gasteiger partial charge in [0.1, 0.15) is 11.5 Å². The molecule has 3 rings (SSSR count). The number of nitrogens with two attached hydrogens (primary N) is 1. The Morgan fingerprint density at radius 1 is 0.862 bits per heavy atom. The van der Waals surface area contributed by atoms with E-state index in [1.807, 2.05) is 60.7 Å². The van der Waals surface area contributed by atoms with Crippen LogP contribution in [0.25, 0.3) is 0 Å². The number of aliphatic imine (C=N–C) groups is 1. The summed E-state index contributed by atoms with van der Waals surface area (Å²) in [5.41, 5.74) is 7.74. The van der Waals surface area contributed by atoms with Crippen molar-refractivity contribution in [1.29, 1.82) is 0 Å². The number of methoxy groups -OCH3 is 2. The molecule has 7 heteroatoms. The SMILES string of the molecule is COc1ccc(NC(N)=NCc2ccccc2Oc2ccccc2)cc1OC.I. The summed E-state index contributed by atoms with van der Waals surface area (Å²) in [6.07, 6.45) is 0. The van der Waals surface area contributed by atoms with Crippen LogP contribution in [0.3, 0.4) is 0 Å². The van der Waals surface area contributed by atoms with Gasteiger partial charge < -0.3 is 25.3 Å². The molecule has 152 valence electrons. The summed E-state index contributed by atoms with van der Waals surface area (Å²) < 4.78 is 16.5. The number of benzene rings is 3. The second-order valence-electron chi connectivity index (χ2n) is 5.92. The molecule has 0 saturated heterocycles. The van der Waals surface area contributed by atoms with Crippen molar-refractivity contribution >= 4 is 35.6 Å². The van der Waals surface area contributed by atoms with Crippen LogP contribution >= 0.6 is 24.0 Å². The van der Waals surface area contributed by atoms with Gasteiger partial charge in [0.25, 0.3) is 0 Å². The Hall–Kier alpha value is -2.94. The Labute approximate surface area is 187 Å². The van der Waals surface area contributed by atoms with Gasteiger partial charge in [-0.05, 0) is 30.3 Å². The molecule has 0 aliphatic rings. The van der Waals surface area contributed by atoms with Gasteiger partial charge in [-0.3, -0.25) is 0 Å². The van der Waals surface area contributed by atoms with Gasteiger partial charge in [0.05, 0.1) is 20.8 Å². The lowest BCUT2D eigenvalue weighted by molar-refractivity contribution is 0.355. The molecule has 0 radical (unpaired) electrons. The van der Waals surface area contributed by atoms with Gasteiger partial charge in [-0.15, -0.1) is 24.0 Å². The molecular formula is C22H24IN3O3. The number of ether oxygens (including phenoxy) is 3. The molecule has 29 heavy (non-hydrogen) atoms. The number of nitrogens with one attached hydrogen (secondary N) is 1. The number of guanidine groups is 1. The monoisotopic (exact) mass is 505 g/mol. The standard InChI is InChI=1S/C22H23N3O3.HI/c1-26-20-13-12-17(14-21(20)27-2)25-22(23)24-15-16-8-6-7-11-19(16)28-18-9-4-3-5-10-18;/h3-14H,15H2,1-2H3,(H3,23,24,25);1H. The number of anilines is 1. The van der Waals surface area contributed by atoms with Crippen molar-refractivity contribution in [3.8, 4) is 23.0 Å². The topological polar surface area (TPSA) is 78.1 Å². The normalized spacial score (nSPS) is 10.6. The maximum atomic E-state index is 6.04. The molecule has 0 aliphatic heterocycles. The molecule has 0 unspecified atom stereocenters. The lowest BCUT2D eigenvalue weighted by Crippen LogP contribution is -2.22.